The Morgan fingerprint density at radius 2 is 1.21 bits per heavy atom. The van der Waals surface area contributed by atoms with Gasteiger partial charge in [-0.25, -0.2) is 0 Å². The molecule has 3 aromatic carbocycles. The average molecular weight is 485 g/mol. The van der Waals surface area contributed by atoms with E-state index < -0.39 is 0 Å². The summed E-state index contributed by atoms with van der Waals surface area (Å²) in [4.78, 5) is 13.0. The zero-order valence-corrected chi connectivity index (χ0v) is 21.8. The molecule has 0 spiro atoms. The van der Waals surface area contributed by atoms with E-state index in [0.29, 0.717) is 5.02 Å². The van der Waals surface area contributed by atoms with Gasteiger partial charge in [0.25, 0.3) is 0 Å². The smallest absolute Gasteiger partial charge is 0.223 e. The van der Waals surface area contributed by atoms with Gasteiger partial charge in [0.2, 0.25) is 5.91 Å². The first kappa shape index (κ1) is 27.0. The minimum atomic E-state index is -0.105. The SMILES string of the molecule is CC.Cc1ccc(CC(C)C(=O)NC(C)C(Cc2ccc(Cl)cc2)c2ccc(Cl)cc2)cc1. The van der Waals surface area contributed by atoms with Crippen LogP contribution in [0.15, 0.2) is 72.8 Å². The molecular formula is C29H35Cl2NO. The van der Waals surface area contributed by atoms with Gasteiger partial charge in [-0.05, 0) is 67.6 Å². The highest BCUT2D eigenvalue weighted by Crippen LogP contribution is 2.27. The van der Waals surface area contributed by atoms with Gasteiger partial charge in [-0.2, -0.15) is 0 Å². The van der Waals surface area contributed by atoms with Gasteiger partial charge in [0, 0.05) is 27.9 Å². The minimum absolute atomic E-state index is 0.0372. The van der Waals surface area contributed by atoms with Crippen molar-refractivity contribution >= 4 is 29.1 Å². The number of nitrogens with one attached hydrogen (secondary N) is 1. The number of hydrogen-bond donors (Lipinski definition) is 1. The van der Waals surface area contributed by atoms with Gasteiger partial charge in [0.15, 0.2) is 0 Å². The molecule has 0 radical (unpaired) electrons. The van der Waals surface area contributed by atoms with Gasteiger partial charge >= 0.3 is 0 Å². The maximum absolute atomic E-state index is 13.0. The molecule has 3 aromatic rings. The van der Waals surface area contributed by atoms with E-state index in [1.54, 1.807) is 0 Å². The highest BCUT2D eigenvalue weighted by atomic mass is 35.5. The fraction of sp³-hybridized carbons (Fsp3) is 0.345. The third-order valence-electron chi connectivity index (χ3n) is 5.75. The molecule has 0 saturated carbocycles. The van der Waals surface area contributed by atoms with Crippen LogP contribution in [-0.2, 0) is 17.6 Å². The lowest BCUT2D eigenvalue weighted by molar-refractivity contribution is -0.125. The van der Waals surface area contributed by atoms with Gasteiger partial charge in [0.05, 0.1) is 0 Å². The molecule has 2 nitrogen and oxygen atoms in total. The zero-order valence-electron chi connectivity index (χ0n) is 20.2. The topological polar surface area (TPSA) is 29.1 Å². The van der Waals surface area contributed by atoms with Gasteiger partial charge in [-0.1, -0.05) is 98.1 Å². The summed E-state index contributed by atoms with van der Waals surface area (Å²) in [5.74, 6) is 0.0867. The van der Waals surface area contributed by atoms with Crippen LogP contribution in [0.2, 0.25) is 10.0 Å². The first-order valence-corrected chi connectivity index (χ1v) is 12.4. The van der Waals surface area contributed by atoms with Crippen molar-refractivity contribution in [1.29, 1.82) is 0 Å². The Labute approximate surface area is 209 Å². The van der Waals surface area contributed by atoms with Gasteiger partial charge in [0.1, 0.15) is 0 Å². The van der Waals surface area contributed by atoms with E-state index in [4.69, 9.17) is 23.2 Å². The Morgan fingerprint density at radius 1 is 0.758 bits per heavy atom. The van der Waals surface area contributed by atoms with Gasteiger partial charge in [-0.3, -0.25) is 4.79 Å². The van der Waals surface area contributed by atoms with E-state index in [-0.39, 0.29) is 23.8 Å². The summed E-state index contributed by atoms with van der Waals surface area (Å²) in [6.07, 6.45) is 1.52. The lowest BCUT2D eigenvalue weighted by Gasteiger charge is -2.27. The molecule has 3 unspecified atom stereocenters. The van der Waals surface area contributed by atoms with Crippen LogP contribution in [0.1, 0.15) is 55.9 Å². The van der Waals surface area contributed by atoms with Crippen molar-refractivity contribution < 1.29 is 4.79 Å². The quantitative estimate of drug-likeness (QED) is 0.344. The Morgan fingerprint density at radius 3 is 1.76 bits per heavy atom. The summed E-state index contributed by atoms with van der Waals surface area (Å²) >= 11 is 12.2. The Bertz CT molecular complexity index is 982. The van der Waals surface area contributed by atoms with Crippen molar-refractivity contribution in [3.63, 3.8) is 0 Å². The summed E-state index contributed by atoms with van der Waals surface area (Å²) in [5.41, 5.74) is 4.73. The second kappa shape index (κ2) is 13.4. The van der Waals surface area contributed by atoms with Crippen molar-refractivity contribution in [2.24, 2.45) is 5.92 Å². The molecule has 0 aromatic heterocycles. The van der Waals surface area contributed by atoms with E-state index in [1.165, 1.54) is 16.7 Å². The van der Waals surface area contributed by atoms with E-state index in [1.807, 2.05) is 69.3 Å². The Balaban J connectivity index is 0.00000187. The zero-order chi connectivity index (χ0) is 24.4. The molecule has 0 fully saturated rings. The molecule has 3 rings (SSSR count). The van der Waals surface area contributed by atoms with Crippen LogP contribution in [-0.4, -0.2) is 11.9 Å². The van der Waals surface area contributed by atoms with Crippen LogP contribution in [0.25, 0.3) is 0 Å². The number of aryl methyl sites for hydroxylation is 1. The minimum Gasteiger partial charge on any atom is -0.353 e. The van der Waals surface area contributed by atoms with Crippen LogP contribution < -0.4 is 5.32 Å². The molecule has 1 N–H and O–H groups in total. The predicted molar refractivity (Wildman–Crippen MR) is 142 cm³/mol. The average Bonchev–Trinajstić information content (AvgIpc) is 2.82. The van der Waals surface area contributed by atoms with E-state index >= 15 is 0 Å². The Kier molecular flexibility index (Phi) is 11.0. The summed E-state index contributed by atoms with van der Waals surface area (Å²) in [6, 6.07) is 24.1. The summed E-state index contributed by atoms with van der Waals surface area (Å²) in [7, 11) is 0. The largest absolute Gasteiger partial charge is 0.353 e. The Hall–Kier alpha value is -2.29. The van der Waals surface area contributed by atoms with Crippen LogP contribution in [0.3, 0.4) is 0 Å². The maximum atomic E-state index is 13.0. The first-order chi connectivity index (χ1) is 15.8. The fourth-order valence-electron chi connectivity index (χ4n) is 3.81. The monoisotopic (exact) mass is 483 g/mol. The third-order valence-corrected chi connectivity index (χ3v) is 6.25. The van der Waals surface area contributed by atoms with E-state index in [0.717, 1.165) is 23.4 Å². The number of carbonyl (C=O) groups excluding carboxylic acids is 1. The van der Waals surface area contributed by atoms with Crippen molar-refractivity contribution in [1.82, 2.24) is 5.32 Å². The fourth-order valence-corrected chi connectivity index (χ4v) is 4.06. The number of rotatable bonds is 8. The predicted octanol–water partition coefficient (Wildman–Crippen LogP) is 8.04. The van der Waals surface area contributed by atoms with E-state index in [9.17, 15) is 4.79 Å². The number of amides is 1. The van der Waals surface area contributed by atoms with Crippen molar-refractivity contribution in [2.75, 3.05) is 0 Å². The maximum Gasteiger partial charge on any atom is 0.223 e. The van der Waals surface area contributed by atoms with Crippen molar-refractivity contribution in [3.05, 3.63) is 105 Å². The second-order valence-electron chi connectivity index (χ2n) is 8.38. The number of carbonyl (C=O) groups is 1. The number of benzene rings is 3. The van der Waals surface area contributed by atoms with Gasteiger partial charge < -0.3 is 5.32 Å². The van der Waals surface area contributed by atoms with Crippen molar-refractivity contribution in [3.8, 4) is 0 Å². The highest BCUT2D eigenvalue weighted by Gasteiger charge is 2.24. The third kappa shape index (κ3) is 8.53. The molecule has 0 aliphatic rings. The van der Waals surface area contributed by atoms with Gasteiger partial charge in [-0.15, -0.1) is 0 Å². The standard InChI is InChI=1S/C27H29Cl2NO.C2H6/c1-18-4-6-21(7-5-18)16-19(2)27(31)30-20(3)26(23-10-14-25(29)15-11-23)17-22-8-12-24(28)13-9-22;1-2/h4-15,19-20,26H,16-17H2,1-3H3,(H,30,31);1-2H3. The van der Waals surface area contributed by atoms with Crippen molar-refractivity contribution in [2.45, 2.75) is 59.4 Å². The highest BCUT2D eigenvalue weighted by molar-refractivity contribution is 6.30. The summed E-state index contributed by atoms with van der Waals surface area (Å²) in [5, 5.41) is 4.68. The molecule has 4 heteroatoms. The van der Waals surface area contributed by atoms with Crippen LogP contribution in [0.4, 0.5) is 0 Å². The van der Waals surface area contributed by atoms with Crippen LogP contribution in [0, 0.1) is 12.8 Å². The molecule has 3 atom stereocenters. The molecule has 33 heavy (non-hydrogen) atoms. The molecule has 0 aliphatic carbocycles. The molecule has 0 bridgehead atoms. The molecule has 0 saturated heterocycles. The lowest BCUT2D eigenvalue weighted by Crippen LogP contribution is -2.41. The summed E-state index contributed by atoms with van der Waals surface area (Å²) < 4.78 is 0. The second-order valence-corrected chi connectivity index (χ2v) is 9.25. The molecule has 0 aliphatic heterocycles. The molecular weight excluding hydrogens is 449 g/mol. The number of halogens is 2. The molecule has 176 valence electrons. The summed E-state index contributed by atoms with van der Waals surface area (Å²) in [6.45, 7) is 10.1. The lowest BCUT2D eigenvalue weighted by atomic mass is 9.86. The van der Waals surface area contributed by atoms with Crippen LogP contribution in [0.5, 0.6) is 0 Å². The normalized spacial score (nSPS) is 13.3. The van der Waals surface area contributed by atoms with Crippen LogP contribution >= 0.6 is 23.2 Å². The first-order valence-electron chi connectivity index (χ1n) is 11.7. The molecule has 0 heterocycles. The molecule has 1 amide bonds. The van der Waals surface area contributed by atoms with E-state index in [2.05, 4.69) is 43.4 Å². The number of hydrogen-bond acceptors (Lipinski definition) is 1.